The Balaban J connectivity index is 1.81. The number of rotatable bonds is 4. The zero-order valence-corrected chi connectivity index (χ0v) is 14.3. The van der Waals surface area contributed by atoms with Gasteiger partial charge in [-0.3, -0.25) is 19.2 Å². The molecule has 2 N–H and O–H groups in total. The molecule has 132 valence electrons. The number of amides is 2. The van der Waals surface area contributed by atoms with Crippen LogP contribution in [0.25, 0.3) is 0 Å². The Bertz CT molecular complexity index is 918. The lowest BCUT2D eigenvalue weighted by atomic mass is 9.84. The van der Waals surface area contributed by atoms with Gasteiger partial charge >= 0.3 is 11.8 Å². The first kappa shape index (κ1) is 17.5. The molecule has 6 heteroatoms. The van der Waals surface area contributed by atoms with Crippen LogP contribution in [0.3, 0.4) is 0 Å². The molecule has 0 aromatic heterocycles. The molecule has 2 aromatic rings. The zero-order chi connectivity index (χ0) is 18.7. The average Bonchev–Trinajstić information content (AvgIpc) is 2.66. The van der Waals surface area contributed by atoms with Crippen molar-refractivity contribution in [3.8, 4) is 0 Å². The van der Waals surface area contributed by atoms with E-state index in [1.165, 1.54) is 18.2 Å². The number of benzene rings is 2. The lowest BCUT2D eigenvalue weighted by Gasteiger charge is -2.18. The van der Waals surface area contributed by atoms with Gasteiger partial charge < -0.3 is 10.6 Å². The molecule has 0 saturated heterocycles. The molecule has 0 unspecified atom stereocenters. The van der Waals surface area contributed by atoms with E-state index in [1.807, 2.05) is 6.92 Å². The Morgan fingerprint density at radius 3 is 2.12 bits per heavy atom. The molecule has 3 rings (SSSR count). The molecule has 1 aliphatic carbocycles. The average molecular weight is 350 g/mol. The highest BCUT2D eigenvalue weighted by Crippen LogP contribution is 2.29. The van der Waals surface area contributed by atoms with Gasteiger partial charge in [-0.05, 0) is 24.6 Å². The number of nitrogens with one attached hydrogen (secondary N) is 2. The Morgan fingerprint density at radius 1 is 0.846 bits per heavy atom. The van der Waals surface area contributed by atoms with Crippen molar-refractivity contribution in [2.24, 2.45) is 0 Å². The van der Waals surface area contributed by atoms with E-state index < -0.39 is 11.8 Å². The second kappa shape index (κ2) is 7.31. The minimum atomic E-state index is -0.809. The summed E-state index contributed by atoms with van der Waals surface area (Å²) < 4.78 is 0. The summed E-state index contributed by atoms with van der Waals surface area (Å²) in [5, 5.41) is 4.99. The first-order valence-corrected chi connectivity index (χ1v) is 8.44. The number of carbonyl (C=O) groups is 4. The molecule has 0 fully saturated rings. The topological polar surface area (TPSA) is 92.3 Å². The van der Waals surface area contributed by atoms with E-state index in [9.17, 15) is 19.2 Å². The van der Waals surface area contributed by atoms with Gasteiger partial charge in [-0.15, -0.1) is 0 Å². The van der Waals surface area contributed by atoms with E-state index in [4.69, 9.17) is 0 Å². The maximum absolute atomic E-state index is 12.7. The van der Waals surface area contributed by atoms with Crippen molar-refractivity contribution >= 4 is 29.1 Å². The van der Waals surface area contributed by atoms with Crippen molar-refractivity contribution in [1.82, 2.24) is 5.32 Å². The highest BCUT2D eigenvalue weighted by atomic mass is 16.2. The SMILES string of the molecule is CCCCNC(=O)C(=O)Nc1ccc2c(c1)C(=O)c1ccccc1C2=O. The third-order valence-corrected chi connectivity index (χ3v) is 4.21. The lowest BCUT2D eigenvalue weighted by molar-refractivity contribution is -0.136. The van der Waals surface area contributed by atoms with Gasteiger partial charge in [-0.1, -0.05) is 37.6 Å². The number of fused-ring (bicyclic) bond motifs is 2. The molecule has 0 atom stereocenters. The van der Waals surface area contributed by atoms with E-state index in [0.717, 1.165) is 12.8 Å². The quantitative estimate of drug-likeness (QED) is 0.558. The van der Waals surface area contributed by atoms with Gasteiger partial charge in [0, 0.05) is 34.5 Å². The Kier molecular flexibility index (Phi) is 4.93. The molecule has 6 nitrogen and oxygen atoms in total. The van der Waals surface area contributed by atoms with Gasteiger partial charge in [0.05, 0.1) is 0 Å². The van der Waals surface area contributed by atoms with E-state index in [1.54, 1.807) is 24.3 Å². The molecule has 0 heterocycles. The summed E-state index contributed by atoms with van der Waals surface area (Å²) in [6.07, 6.45) is 1.69. The van der Waals surface area contributed by atoms with Crippen LogP contribution in [0.2, 0.25) is 0 Å². The van der Waals surface area contributed by atoms with Crippen molar-refractivity contribution in [2.45, 2.75) is 19.8 Å². The molecular formula is C20H18N2O4. The molecule has 0 bridgehead atoms. The molecule has 2 amide bonds. The van der Waals surface area contributed by atoms with Crippen molar-refractivity contribution in [3.63, 3.8) is 0 Å². The summed E-state index contributed by atoms with van der Waals surface area (Å²) in [5.74, 6) is -2.05. The van der Waals surface area contributed by atoms with Crippen molar-refractivity contribution in [2.75, 3.05) is 11.9 Å². The summed E-state index contributed by atoms with van der Waals surface area (Å²) in [6, 6.07) is 11.1. The van der Waals surface area contributed by atoms with Crippen molar-refractivity contribution in [3.05, 3.63) is 64.7 Å². The number of hydrogen-bond acceptors (Lipinski definition) is 4. The van der Waals surface area contributed by atoms with Crippen LogP contribution in [0, 0.1) is 0 Å². The summed E-state index contributed by atoms with van der Waals surface area (Å²) in [6.45, 7) is 2.41. The van der Waals surface area contributed by atoms with E-state index in [2.05, 4.69) is 10.6 Å². The molecule has 0 aliphatic heterocycles. The molecular weight excluding hydrogens is 332 g/mol. The minimum Gasteiger partial charge on any atom is -0.348 e. The Morgan fingerprint density at radius 2 is 1.46 bits per heavy atom. The van der Waals surface area contributed by atoms with Crippen LogP contribution in [-0.2, 0) is 9.59 Å². The first-order valence-electron chi connectivity index (χ1n) is 8.44. The summed E-state index contributed by atoms with van der Waals surface area (Å²) in [4.78, 5) is 48.9. The summed E-state index contributed by atoms with van der Waals surface area (Å²) in [5.41, 5.74) is 1.51. The van der Waals surface area contributed by atoms with Crippen LogP contribution in [0.1, 0.15) is 51.6 Å². The van der Waals surface area contributed by atoms with Gasteiger partial charge in [0.25, 0.3) is 0 Å². The molecule has 1 aliphatic rings. The first-order chi connectivity index (χ1) is 12.5. The summed E-state index contributed by atoms with van der Waals surface area (Å²) in [7, 11) is 0. The Hall–Kier alpha value is -3.28. The molecule has 2 aromatic carbocycles. The van der Waals surface area contributed by atoms with Crippen LogP contribution >= 0.6 is 0 Å². The highest BCUT2D eigenvalue weighted by Gasteiger charge is 2.29. The fraction of sp³-hybridized carbons (Fsp3) is 0.200. The molecule has 0 saturated carbocycles. The van der Waals surface area contributed by atoms with Crippen LogP contribution in [-0.4, -0.2) is 29.9 Å². The highest BCUT2D eigenvalue weighted by molar-refractivity contribution is 6.39. The monoisotopic (exact) mass is 350 g/mol. The van der Waals surface area contributed by atoms with Gasteiger partial charge in [0.1, 0.15) is 0 Å². The third kappa shape index (κ3) is 3.26. The second-order valence-corrected chi connectivity index (χ2v) is 6.03. The maximum atomic E-state index is 12.7. The summed E-state index contributed by atoms with van der Waals surface area (Å²) >= 11 is 0. The number of anilines is 1. The standard InChI is InChI=1S/C20H18N2O4/c1-2-3-10-21-19(25)20(26)22-12-8-9-15-16(11-12)18(24)14-7-5-4-6-13(14)17(15)23/h4-9,11H,2-3,10H2,1H3,(H,21,25)(H,22,26). The van der Waals surface area contributed by atoms with Gasteiger partial charge in [0.15, 0.2) is 11.6 Å². The number of ketones is 2. The maximum Gasteiger partial charge on any atom is 0.313 e. The van der Waals surface area contributed by atoms with Crippen LogP contribution < -0.4 is 10.6 Å². The zero-order valence-electron chi connectivity index (χ0n) is 14.3. The lowest BCUT2D eigenvalue weighted by Crippen LogP contribution is -2.36. The minimum absolute atomic E-state index is 0.220. The molecule has 26 heavy (non-hydrogen) atoms. The molecule has 0 radical (unpaired) electrons. The largest absolute Gasteiger partial charge is 0.348 e. The van der Waals surface area contributed by atoms with Gasteiger partial charge in [-0.2, -0.15) is 0 Å². The van der Waals surface area contributed by atoms with Crippen LogP contribution in [0.15, 0.2) is 42.5 Å². The van der Waals surface area contributed by atoms with Gasteiger partial charge in [-0.25, -0.2) is 0 Å². The van der Waals surface area contributed by atoms with E-state index in [-0.39, 0.29) is 17.1 Å². The normalized spacial score (nSPS) is 12.2. The Labute approximate surface area is 150 Å². The molecule has 0 spiro atoms. The smallest absolute Gasteiger partial charge is 0.313 e. The fourth-order valence-corrected chi connectivity index (χ4v) is 2.82. The van der Waals surface area contributed by atoms with Crippen LogP contribution in [0.5, 0.6) is 0 Å². The predicted octanol–water partition coefficient (Wildman–Crippen LogP) is 2.32. The number of carbonyl (C=O) groups excluding carboxylic acids is 4. The third-order valence-electron chi connectivity index (χ3n) is 4.21. The van der Waals surface area contributed by atoms with E-state index >= 15 is 0 Å². The van der Waals surface area contributed by atoms with Crippen molar-refractivity contribution < 1.29 is 19.2 Å². The second-order valence-electron chi connectivity index (χ2n) is 6.03. The van der Waals surface area contributed by atoms with Crippen LogP contribution in [0.4, 0.5) is 5.69 Å². The van der Waals surface area contributed by atoms with Gasteiger partial charge in [0.2, 0.25) is 0 Å². The van der Waals surface area contributed by atoms with E-state index in [0.29, 0.717) is 28.9 Å². The predicted molar refractivity (Wildman–Crippen MR) is 96.3 cm³/mol. The number of unbranched alkanes of at least 4 members (excludes halogenated alkanes) is 1. The number of hydrogen-bond donors (Lipinski definition) is 2. The van der Waals surface area contributed by atoms with Crippen molar-refractivity contribution in [1.29, 1.82) is 0 Å². The fourth-order valence-electron chi connectivity index (χ4n) is 2.82.